The van der Waals surface area contributed by atoms with E-state index in [-0.39, 0.29) is 12.5 Å². The molecule has 5 rings (SSSR count). The third-order valence-corrected chi connectivity index (χ3v) is 5.88. The van der Waals surface area contributed by atoms with E-state index in [4.69, 9.17) is 4.42 Å². The minimum Gasteiger partial charge on any atom is -0.408 e. The largest absolute Gasteiger partial charge is 0.420 e. The summed E-state index contributed by atoms with van der Waals surface area (Å²) in [7, 11) is 0. The molecular weight excluding hydrogens is 394 g/mol. The molecule has 31 heavy (non-hydrogen) atoms. The van der Waals surface area contributed by atoms with E-state index in [1.54, 1.807) is 18.2 Å². The topological polar surface area (TPSA) is 97.0 Å². The van der Waals surface area contributed by atoms with Crippen LogP contribution in [0.5, 0.6) is 0 Å². The van der Waals surface area contributed by atoms with Crippen molar-refractivity contribution in [2.75, 3.05) is 13.1 Å². The highest BCUT2D eigenvalue weighted by molar-refractivity contribution is 5.79. The Morgan fingerprint density at radius 2 is 1.81 bits per heavy atom. The molecule has 0 saturated carbocycles. The molecule has 1 aliphatic rings. The zero-order chi connectivity index (χ0) is 21.2. The molecule has 1 amide bonds. The summed E-state index contributed by atoms with van der Waals surface area (Å²) >= 11 is 0. The number of rotatable bonds is 5. The van der Waals surface area contributed by atoms with E-state index in [0.717, 1.165) is 30.7 Å². The summed E-state index contributed by atoms with van der Waals surface area (Å²) in [4.78, 5) is 31.4. The van der Waals surface area contributed by atoms with Crippen LogP contribution in [0.3, 0.4) is 0 Å². The SMILES string of the molecule is O=C(Cn1c(=O)oc2ccccc21)N1CCC(Cc2nc(-c3ccccc3)n[nH]2)CC1. The number of carbonyl (C=O) groups excluding carboxylic acids is 1. The molecule has 0 radical (unpaired) electrons. The van der Waals surface area contributed by atoms with Gasteiger partial charge in [0.05, 0.1) is 5.52 Å². The van der Waals surface area contributed by atoms with Gasteiger partial charge in [-0.1, -0.05) is 42.5 Å². The molecule has 0 bridgehead atoms. The van der Waals surface area contributed by atoms with Crippen molar-refractivity contribution in [3.05, 3.63) is 71.0 Å². The number of hydrogen-bond donors (Lipinski definition) is 1. The fourth-order valence-electron chi connectivity index (χ4n) is 4.16. The van der Waals surface area contributed by atoms with Crippen LogP contribution in [-0.2, 0) is 17.8 Å². The second kappa shape index (κ2) is 8.22. The predicted molar refractivity (Wildman–Crippen MR) is 115 cm³/mol. The van der Waals surface area contributed by atoms with Gasteiger partial charge in [0.2, 0.25) is 5.91 Å². The van der Waals surface area contributed by atoms with E-state index >= 15 is 0 Å². The highest BCUT2D eigenvalue weighted by Gasteiger charge is 2.25. The lowest BCUT2D eigenvalue weighted by molar-refractivity contribution is -0.133. The first kappa shape index (κ1) is 19.3. The summed E-state index contributed by atoms with van der Waals surface area (Å²) in [5.41, 5.74) is 2.14. The van der Waals surface area contributed by atoms with Gasteiger partial charge < -0.3 is 9.32 Å². The van der Waals surface area contributed by atoms with Gasteiger partial charge in [-0.15, -0.1) is 0 Å². The highest BCUT2D eigenvalue weighted by atomic mass is 16.4. The van der Waals surface area contributed by atoms with Crippen molar-refractivity contribution in [3.63, 3.8) is 0 Å². The van der Waals surface area contributed by atoms with Gasteiger partial charge in [0.25, 0.3) is 0 Å². The molecule has 158 valence electrons. The molecule has 2 aromatic heterocycles. The number of H-pyrrole nitrogens is 1. The first-order chi connectivity index (χ1) is 15.2. The van der Waals surface area contributed by atoms with Crippen molar-refractivity contribution in [2.45, 2.75) is 25.8 Å². The van der Waals surface area contributed by atoms with Crippen LogP contribution in [0.15, 0.2) is 63.8 Å². The summed E-state index contributed by atoms with van der Waals surface area (Å²) in [5, 5.41) is 7.38. The van der Waals surface area contributed by atoms with Crippen LogP contribution in [0, 0.1) is 5.92 Å². The molecule has 1 fully saturated rings. The van der Waals surface area contributed by atoms with Crippen LogP contribution in [0.1, 0.15) is 18.7 Å². The Bertz CT molecular complexity index is 1250. The van der Waals surface area contributed by atoms with Gasteiger partial charge in [0.15, 0.2) is 11.4 Å². The number of nitrogens with one attached hydrogen (secondary N) is 1. The monoisotopic (exact) mass is 417 g/mol. The van der Waals surface area contributed by atoms with E-state index < -0.39 is 5.76 Å². The number of aromatic amines is 1. The van der Waals surface area contributed by atoms with Crippen molar-refractivity contribution in [3.8, 4) is 11.4 Å². The molecule has 1 saturated heterocycles. The fraction of sp³-hybridized carbons (Fsp3) is 0.304. The number of likely N-dealkylation sites (tertiary alicyclic amines) is 1. The standard InChI is InChI=1S/C23H23N5O3/c29-21(15-28-18-8-4-5-9-19(18)31-23(28)30)27-12-10-16(11-13-27)14-20-24-22(26-25-20)17-6-2-1-3-7-17/h1-9,16H,10-15H2,(H,24,25,26). The number of hydrogen-bond acceptors (Lipinski definition) is 5. The van der Waals surface area contributed by atoms with Gasteiger partial charge in [-0.3, -0.25) is 14.5 Å². The van der Waals surface area contributed by atoms with Gasteiger partial charge in [0, 0.05) is 25.1 Å². The van der Waals surface area contributed by atoms with E-state index in [9.17, 15) is 9.59 Å². The van der Waals surface area contributed by atoms with Gasteiger partial charge in [-0.25, -0.2) is 9.78 Å². The molecule has 8 heteroatoms. The summed E-state index contributed by atoms with van der Waals surface area (Å²) in [6.07, 6.45) is 2.61. The Balaban J connectivity index is 1.18. The smallest absolute Gasteiger partial charge is 0.408 e. The maximum absolute atomic E-state index is 12.8. The number of nitrogens with zero attached hydrogens (tertiary/aromatic N) is 4. The summed E-state index contributed by atoms with van der Waals surface area (Å²) < 4.78 is 6.63. The third-order valence-electron chi connectivity index (χ3n) is 5.88. The van der Waals surface area contributed by atoms with Gasteiger partial charge in [0.1, 0.15) is 12.4 Å². The van der Waals surface area contributed by atoms with Gasteiger partial charge in [-0.2, -0.15) is 5.10 Å². The molecule has 2 aromatic carbocycles. The minimum atomic E-state index is -0.496. The maximum Gasteiger partial charge on any atom is 0.420 e. The van der Waals surface area contributed by atoms with Crippen molar-refractivity contribution in [2.24, 2.45) is 5.92 Å². The summed E-state index contributed by atoms with van der Waals surface area (Å²) in [6.45, 7) is 1.35. The zero-order valence-corrected chi connectivity index (χ0v) is 17.0. The lowest BCUT2D eigenvalue weighted by atomic mass is 9.93. The van der Waals surface area contributed by atoms with Crippen molar-refractivity contribution >= 4 is 17.0 Å². The zero-order valence-electron chi connectivity index (χ0n) is 17.0. The van der Waals surface area contributed by atoms with Crippen molar-refractivity contribution in [1.29, 1.82) is 0 Å². The third kappa shape index (κ3) is 4.01. The Labute approximate surface area is 178 Å². The predicted octanol–water partition coefficient (Wildman–Crippen LogP) is 2.86. The Hall–Kier alpha value is -3.68. The van der Waals surface area contributed by atoms with E-state index in [1.165, 1.54) is 4.57 Å². The number of para-hydroxylation sites is 2. The lowest BCUT2D eigenvalue weighted by Gasteiger charge is -2.31. The molecule has 1 aliphatic heterocycles. The lowest BCUT2D eigenvalue weighted by Crippen LogP contribution is -2.41. The molecule has 0 unspecified atom stereocenters. The van der Waals surface area contributed by atoms with E-state index in [0.29, 0.717) is 35.9 Å². The van der Waals surface area contributed by atoms with Crippen LogP contribution in [-0.4, -0.2) is 43.6 Å². The molecule has 8 nitrogen and oxygen atoms in total. The number of benzene rings is 2. The van der Waals surface area contributed by atoms with E-state index in [1.807, 2.05) is 41.3 Å². The molecule has 0 aliphatic carbocycles. The number of carbonyl (C=O) groups is 1. The number of piperidine rings is 1. The van der Waals surface area contributed by atoms with Crippen LogP contribution in [0.25, 0.3) is 22.5 Å². The maximum atomic E-state index is 12.8. The van der Waals surface area contributed by atoms with Crippen molar-refractivity contribution in [1.82, 2.24) is 24.6 Å². The van der Waals surface area contributed by atoms with Crippen molar-refractivity contribution < 1.29 is 9.21 Å². The fourth-order valence-corrected chi connectivity index (χ4v) is 4.16. The quantitative estimate of drug-likeness (QED) is 0.539. The number of amides is 1. The Kier molecular flexibility index (Phi) is 5.11. The average molecular weight is 417 g/mol. The number of fused-ring (bicyclic) bond motifs is 1. The highest BCUT2D eigenvalue weighted by Crippen LogP contribution is 2.22. The number of aromatic nitrogens is 4. The molecule has 1 N–H and O–H groups in total. The first-order valence-electron chi connectivity index (χ1n) is 10.5. The Morgan fingerprint density at radius 3 is 2.61 bits per heavy atom. The molecule has 0 spiro atoms. The first-order valence-corrected chi connectivity index (χ1v) is 10.5. The Morgan fingerprint density at radius 1 is 1.06 bits per heavy atom. The van der Waals surface area contributed by atoms with Crippen LogP contribution < -0.4 is 5.76 Å². The van der Waals surface area contributed by atoms with Gasteiger partial charge in [-0.05, 0) is 30.9 Å². The summed E-state index contributed by atoms with van der Waals surface area (Å²) in [5.74, 6) is 1.47. The van der Waals surface area contributed by atoms with Crippen LogP contribution >= 0.6 is 0 Å². The molecular formula is C23H23N5O3. The van der Waals surface area contributed by atoms with E-state index in [2.05, 4.69) is 15.2 Å². The second-order valence-electron chi connectivity index (χ2n) is 7.92. The van der Waals surface area contributed by atoms with Crippen LogP contribution in [0.2, 0.25) is 0 Å². The molecule has 4 aromatic rings. The average Bonchev–Trinajstić information content (AvgIpc) is 3.39. The second-order valence-corrected chi connectivity index (χ2v) is 7.92. The van der Waals surface area contributed by atoms with Crippen LogP contribution in [0.4, 0.5) is 0 Å². The molecule has 3 heterocycles. The minimum absolute atomic E-state index is 0.00303. The normalized spacial score (nSPS) is 14.9. The number of oxazole rings is 1. The summed E-state index contributed by atoms with van der Waals surface area (Å²) in [6, 6.07) is 17.1. The van der Waals surface area contributed by atoms with Gasteiger partial charge >= 0.3 is 5.76 Å². The molecule has 0 atom stereocenters.